The van der Waals surface area contributed by atoms with Crippen LogP contribution in [0, 0.1) is 0 Å². The number of Topliss-reactive ketones (excluding diaryl/α,β-unsaturated/α-hetero) is 1. The number of carbonyl (C=O) groups is 2. The fourth-order valence-corrected chi connectivity index (χ4v) is 2.81. The van der Waals surface area contributed by atoms with E-state index in [-0.39, 0.29) is 30.6 Å². The topological polar surface area (TPSA) is 46.2 Å². The monoisotopic (exact) mass is 349 g/mol. The third-order valence-corrected chi connectivity index (χ3v) is 4.04. The maximum atomic E-state index is 12.0. The third-order valence-electron chi connectivity index (χ3n) is 3.48. The predicted molar refractivity (Wildman–Crippen MR) is 93.0 cm³/mol. The second kappa shape index (κ2) is 8.14. The molecule has 0 aromatic heterocycles. The van der Waals surface area contributed by atoms with Crippen molar-refractivity contribution in [3.05, 3.63) is 69.7 Å². The standard InChI is InChI=1S/C18H17Cl2NO2/c1-12(15-8-7-14(19)11-16(15)20)21-18(23)10-9-17(22)13-5-3-2-4-6-13/h2-8,11-12H,9-10H2,1H3,(H,21,23)/t12-/m0/s1. The summed E-state index contributed by atoms with van der Waals surface area (Å²) in [6, 6.07) is 13.8. The van der Waals surface area contributed by atoms with Gasteiger partial charge in [-0.15, -0.1) is 0 Å². The van der Waals surface area contributed by atoms with Gasteiger partial charge in [0.15, 0.2) is 5.78 Å². The van der Waals surface area contributed by atoms with Gasteiger partial charge in [0.25, 0.3) is 0 Å². The number of nitrogens with one attached hydrogen (secondary N) is 1. The van der Waals surface area contributed by atoms with Crippen LogP contribution in [0.15, 0.2) is 48.5 Å². The van der Waals surface area contributed by atoms with Crippen molar-refractivity contribution in [1.82, 2.24) is 5.32 Å². The molecule has 0 spiro atoms. The van der Waals surface area contributed by atoms with E-state index >= 15 is 0 Å². The highest BCUT2D eigenvalue weighted by Crippen LogP contribution is 2.26. The average Bonchev–Trinajstić information content (AvgIpc) is 2.53. The van der Waals surface area contributed by atoms with Gasteiger partial charge in [0.1, 0.15) is 0 Å². The Labute approximate surface area is 145 Å². The highest BCUT2D eigenvalue weighted by molar-refractivity contribution is 6.35. The quantitative estimate of drug-likeness (QED) is 0.758. The fourth-order valence-electron chi connectivity index (χ4n) is 2.24. The minimum absolute atomic E-state index is 0.0436. The molecule has 2 rings (SSSR count). The lowest BCUT2D eigenvalue weighted by atomic mass is 10.1. The van der Waals surface area contributed by atoms with Crippen molar-refractivity contribution >= 4 is 34.9 Å². The molecule has 1 N–H and O–H groups in total. The van der Waals surface area contributed by atoms with Crippen molar-refractivity contribution < 1.29 is 9.59 Å². The molecule has 0 aliphatic carbocycles. The Hall–Kier alpha value is -1.84. The molecule has 0 bridgehead atoms. The Morgan fingerprint density at radius 2 is 1.74 bits per heavy atom. The SMILES string of the molecule is C[C@H](NC(=O)CCC(=O)c1ccccc1)c1ccc(Cl)cc1Cl. The Morgan fingerprint density at radius 3 is 2.39 bits per heavy atom. The molecule has 0 heterocycles. The molecule has 0 unspecified atom stereocenters. The molecule has 0 aliphatic rings. The van der Waals surface area contributed by atoms with Gasteiger partial charge in [-0.05, 0) is 24.6 Å². The Bertz CT molecular complexity index is 701. The van der Waals surface area contributed by atoms with Crippen LogP contribution in [0.3, 0.4) is 0 Å². The van der Waals surface area contributed by atoms with E-state index in [2.05, 4.69) is 5.32 Å². The number of ketones is 1. The second-order valence-electron chi connectivity index (χ2n) is 5.24. The summed E-state index contributed by atoms with van der Waals surface area (Å²) in [5.41, 5.74) is 1.41. The first-order valence-corrected chi connectivity index (χ1v) is 8.05. The number of halogens is 2. The van der Waals surface area contributed by atoms with Gasteiger partial charge < -0.3 is 5.32 Å². The van der Waals surface area contributed by atoms with Gasteiger partial charge in [0, 0.05) is 28.5 Å². The highest BCUT2D eigenvalue weighted by atomic mass is 35.5. The summed E-state index contributed by atoms with van der Waals surface area (Å²) in [5, 5.41) is 3.90. The lowest BCUT2D eigenvalue weighted by Gasteiger charge is -2.16. The maximum Gasteiger partial charge on any atom is 0.220 e. The maximum absolute atomic E-state index is 12.0. The molecule has 1 atom stereocenters. The molecule has 120 valence electrons. The van der Waals surface area contributed by atoms with E-state index in [0.717, 1.165) is 5.56 Å². The molecule has 1 amide bonds. The van der Waals surface area contributed by atoms with Crippen molar-refractivity contribution in [2.45, 2.75) is 25.8 Å². The van der Waals surface area contributed by atoms with Crippen LogP contribution in [0.2, 0.25) is 10.0 Å². The zero-order chi connectivity index (χ0) is 16.8. The number of amides is 1. The third kappa shape index (κ3) is 5.08. The number of carbonyl (C=O) groups excluding carboxylic acids is 2. The number of rotatable bonds is 6. The van der Waals surface area contributed by atoms with Gasteiger partial charge in [-0.25, -0.2) is 0 Å². The van der Waals surface area contributed by atoms with Gasteiger partial charge in [-0.3, -0.25) is 9.59 Å². The van der Waals surface area contributed by atoms with Crippen LogP contribution in [0.25, 0.3) is 0 Å². The second-order valence-corrected chi connectivity index (χ2v) is 6.09. The number of hydrogen-bond acceptors (Lipinski definition) is 2. The van der Waals surface area contributed by atoms with E-state index in [1.165, 1.54) is 0 Å². The predicted octanol–water partition coefficient (Wildman–Crippen LogP) is 4.83. The smallest absolute Gasteiger partial charge is 0.220 e. The number of benzene rings is 2. The van der Waals surface area contributed by atoms with Gasteiger partial charge in [-0.1, -0.05) is 59.6 Å². The van der Waals surface area contributed by atoms with Gasteiger partial charge in [0.2, 0.25) is 5.91 Å². The first kappa shape index (κ1) is 17.5. The zero-order valence-corrected chi connectivity index (χ0v) is 14.2. The van der Waals surface area contributed by atoms with Crippen LogP contribution >= 0.6 is 23.2 Å². The molecule has 0 radical (unpaired) electrons. The van der Waals surface area contributed by atoms with Crippen LogP contribution in [-0.4, -0.2) is 11.7 Å². The van der Waals surface area contributed by atoms with Gasteiger partial charge in [-0.2, -0.15) is 0 Å². The molecule has 2 aromatic carbocycles. The normalized spacial score (nSPS) is 11.8. The molecule has 2 aromatic rings. The van der Waals surface area contributed by atoms with E-state index < -0.39 is 0 Å². The zero-order valence-electron chi connectivity index (χ0n) is 12.7. The summed E-state index contributed by atoms with van der Waals surface area (Å²) < 4.78 is 0. The van der Waals surface area contributed by atoms with Crippen LogP contribution in [0.5, 0.6) is 0 Å². The Balaban J connectivity index is 1.88. The fraction of sp³-hybridized carbons (Fsp3) is 0.222. The highest BCUT2D eigenvalue weighted by Gasteiger charge is 2.14. The Kier molecular flexibility index (Phi) is 6.20. The van der Waals surface area contributed by atoms with Crippen LogP contribution in [0.1, 0.15) is 41.7 Å². The average molecular weight is 350 g/mol. The number of hydrogen-bond donors (Lipinski definition) is 1. The van der Waals surface area contributed by atoms with Gasteiger partial charge >= 0.3 is 0 Å². The van der Waals surface area contributed by atoms with E-state index in [1.54, 1.807) is 42.5 Å². The summed E-state index contributed by atoms with van der Waals surface area (Å²) in [6.45, 7) is 1.84. The van der Waals surface area contributed by atoms with E-state index in [0.29, 0.717) is 15.6 Å². The van der Waals surface area contributed by atoms with E-state index in [4.69, 9.17) is 23.2 Å². The largest absolute Gasteiger partial charge is 0.350 e. The summed E-state index contributed by atoms with van der Waals surface area (Å²) in [4.78, 5) is 24.0. The van der Waals surface area contributed by atoms with Crippen molar-refractivity contribution in [2.75, 3.05) is 0 Å². The van der Waals surface area contributed by atoms with E-state index in [1.807, 2.05) is 13.0 Å². The minimum atomic E-state index is -0.251. The lowest BCUT2D eigenvalue weighted by molar-refractivity contribution is -0.121. The molecule has 23 heavy (non-hydrogen) atoms. The summed E-state index contributed by atoms with van der Waals surface area (Å²) in [7, 11) is 0. The molecule has 0 fully saturated rings. The first-order valence-electron chi connectivity index (χ1n) is 7.30. The Morgan fingerprint density at radius 1 is 1.04 bits per heavy atom. The molecular weight excluding hydrogens is 333 g/mol. The summed E-state index contributed by atoms with van der Waals surface area (Å²) in [6.07, 6.45) is 0.320. The molecule has 0 saturated heterocycles. The first-order chi connectivity index (χ1) is 11.0. The molecule has 3 nitrogen and oxygen atoms in total. The lowest BCUT2D eigenvalue weighted by Crippen LogP contribution is -2.27. The van der Waals surface area contributed by atoms with E-state index in [9.17, 15) is 9.59 Å². The molecule has 0 saturated carbocycles. The minimum Gasteiger partial charge on any atom is -0.350 e. The van der Waals surface area contributed by atoms with Crippen LogP contribution in [-0.2, 0) is 4.79 Å². The van der Waals surface area contributed by atoms with Crippen LogP contribution < -0.4 is 5.32 Å². The molecule has 0 aliphatic heterocycles. The molecule has 5 heteroatoms. The van der Waals surface area contributed by atoms with Crippen molar-refractivity contribution in [3.8, 4) is 0 Å². The summed E-state index contributed by atoms with van der Waals surface area (Å²) in [5.74, 6) is -0.231. The van der Waals surface area contributed by atoms with Crippen molar-refractivity contribution in [2.24, 2.45) is 0 Å². The van der Waals surface area contributed by atoms with Gasteiger partial charge in [0.05, 0.1) is 6.04 Å². The molecular formula is C18H17Cl2NO2. The summed E-state index contributed by atoms with van der Waals surface area (Å²) >= 11 is 12.0. The van der Waals surface area contributed by atoms with Crippen molar-refractivity contribution in [3.63, 3.8) is 0 Å². The van der Waals surface area contributed by atoms with Crippen molar-refractivity contribution in [1.29, 1.82) is 0 Å². The van der Waals surface area contributed by atoms with Crippen LogP contribution in [0.4, 0.5) is 0 Å².